The predicted octanol–water partition coefficient (Wildman–Crippen LogP) is 2.23. The molecule has 2 aromatic rings. The molecule has 100 valence electrons. The molecule has 0 spiro atoms. The number of aromatic nitrogens is 2. The topological polar surface area (TPSA) is 36.3 Å². The van der Waals surface area contributed by atoms with Gasteiger partial charge in [0.1, 0.15) is 0 Å². The van der Waals surface area contributed by atoms with E-state index < -0.39 is 0 Å². The molecule has 4 nitrogen and oxygen atoms in total. The van der Waals surface area contributed by atoms with Crippen molar-refractivity contribution in [1.29, 1.82) is 0 Å². The van der Waals surface area contributed by atoms with Crippen LogP contribution in [0.15, 0.2) is 29.2 Å². The van der Waals surface area contributed by atoms with Crippen LogP contribution in [0.1, 0.15) is 27.7 Å². The third-order valence-corrected chi connectivity index (χ3v) is 4.57. The van der Waals surface area contributed by atoms with Crippen molar-refractivity contribution in [3.05, 3.63) is 29.2 Å². The molecule has 0 aliphatic carbocycles. The predicted molar refractivity (Wildman–Crippen MR) is 77.2 cm³/mol. The molecule has 3 rings (SSSR count). The molecule has 2 aromatic heterocycles. The fraction of sp³-hybridized carbons (Fsp3) is 0.462. The molecule has 0 saturated carbocycles. The Morgan fingerprint density at radius 2 is 1.89 bits per heavy atom. The summed E-state index contributed by atoms with van der Waals surface area (Å²) in [6.45, 7) is 8.21. The zero-order chi connectivity index (χ0) is 13.7. The van der Waals surface area contributed by atoms with Crippen LogP contribution < -0.4 is 5.46 Å². The summed E-state index contributed by atoms with van der Waals surface area (Å²) in [5.74, 6) is 0. The summed E-state index contributed by atoms with van der Waals surface area (Å²) in [5.41, 5.74) is 1.38. The van der Waals surface area contributed by atoms with E-state index in [1.165, 1.54) is 0 Å². The van der Waals surface area contributed by atoms with Gasteiger partial charge in [-0.05, 0) is 39.1 Å². The van der Waals surface area contributed by atoms with Crippen LogP contribution >= 0.6 is 11.3 Å². The van der Waals surface area contributed by atoms with Crippen LogP contribution in [-0.2, 0) is 9.31 Å². The van der Waals surface area contributed by atoms with Gasteiger partial charge in [-0.2, -0.15) is 16.4 Å². The zero-order valence-corrected chi connectivity index (χ0v) is 12.4. The zero-order valence-electron chi connectivity index (χ0n) is 11.6. The van der Waals surface area contributed by atoms with Crippen LogP contribution in [0.2, 0.25) is 0 Å². The summed E-state index contributed by atoms with van der Waals surface area (Å²) < 4.78 is 13.9. The second kappa shape index (κ2) is 4.20. The van der Waals surface area contributed by atoms with Crippen LogP contribution in [0, 0.1) is 0 Å². The molecule has 6 heteroatoms. The highest BCUT2D eigenvalue weighted by atomic mass is 32.1. The summed E-state index contributed by atoms with van der Waals surface area (Å²) in [5, 5.41) is 8.45. The molecule has 0 radical (unpaired) electrons. The van der Waals surface area contributed by atoms with Gasteiger partial charge in [0.25, 0.3) is 0 Å². The monoisotopic (exact) mass is 276 g/mol. The second-order valence-corrected chi connectivity index (χ2v) is 6.57. The largest absolute Gasteiger partial charge is 0.498 e. The Bertz CT molecular complexity index is 561. The molecule has 1 aliphatic rings. The number of hydrogen-bond donors (Lipinski definition) is 0. The first kappa shape index (κ1) is 12.9. The molecular formula is C13H17BN2O2S. The average molecular weight is 276 g/mol. The van der Waals surface area contributed by atoms with E-state index in [4.69, 9.17) is 9.31 Å². The Morgan fingerprint density at radius 3 is 2.47 bits per heavy atom. The van der Waals surface area contributed by atoms with E-state index in [9.17, 15) is 0 Å². The minimum atomic E-state index is -0.350. The first-order chi connectivity index (χ1) is 8.89. The maximum Gasteiger partial charge on any atom is 0.498 e. The molecular weight excluding hydrogens is 259 g/mol. The number of hydrogen-bond acceptors (Lipinski definition) is 4. The highest BCUT2D eigenvalue weighted by Crippen LogP contribution is 2.36. The fourth-order valence-corrected chi connectivity index (χ4v) is 2.59. The first-order valence-corrected chi connectivity index (χ1v) is 7.26. The Morgan fingerprint density at radius 1 is 1.21 bits per heavy atom. The Balaban J connectivity index is 1.85. The van der Waals surface area contributed by atoms with Crippen molar-refractivity contribution in [2.45, 2.75) is 38.9 Å². The lowest BCUT2D eigenvalue weighted by molar-refractivity contribution is 0.00578. The second-order valence-electron chi connectivity index (χ2n) is 5.79. The maximum absolute atomic E-state index is 6.01. The molecule has 0 aromatic carbocycles. The van der Waals surface area contributed by atoms with E-state index in [1.54, 1.807) is 17.5 Å². The SMILES string of the molecule is CC1(C)OB(c2cnn(-c3ccsc3)c2)OC1(C)C. The molecule has 0 amide bonds. The van der Waals surface area contributed by atoms with Crippen molar-refractivity contribution in [3.63, 3.8) is 0 Å². The van der Waals surface area contributed by atoms with Gasteiger partial charge in [-0.15, -0.1) is 0 Å². The van der Waals surface area contributed by atoms with Crippen molar-refractivity contribution in [3.8, 4) is 5.69 Å². The standard InChI is InChI=1S/C13H17BN2O2S/c1-12(2)13(3,4)18-14(17-12)10-7-15-16(8-10)11-5-6-19-9-11/h5-9H,1-4H3. The van der Waals surface area contributed by atoms with Crippen LogP contribution in [0.5, 0.6) is 0 Å². The summed E-state index contributed by atoms with van der Waals surface area (Å²) in [7, 11) is -0.350. The lowest BCUT2D eigenvalue weighted by Gasteiger charge is -2.32. The van der Waals surface area contributed by atoms with E-state index in [0.717, 1.165) is 11.2 Å². The Kier molecular flexibility index (Phi) is 2.85. The van der Waals surface area contributed by atoms with Gasteiger partial charge in [-0.25, -0.2) is 4.68 Å². The summed E-state index contributed by atoms with van der Waals surface area (Å²) in [4.78, 5) is 0. The molecule has 0 bridgehead atoms. The molecule has 1 aliphatic heterocycles. The van der Waals surface area contributed by atoms with Crippen molar-refractivity contribution in [2.24, 2.45) is 0 Å². The summed E-state index contributed by atoms with van der Waals surface area (Å²) in [6, 6.07) is 2.03. The average Bonchev–Trinajstić information content (AvgIpc) is 3.00. The van der Waals surface area contributed by atoms with Gasteiger partial charge >= 0.3 is 7.12 Å². The third-order valence-electron chi connectivity index (χ3n) is 3.90. The van der Waals surface area contributed by atoms with Crippen molar-refractivity contribution >= 4 is 23.9 Å². The van der Waals surface area contributed by atoms with E-state index in [0.29, 0.717) is 0 Å². The van der Waals surface area contributed by atoms with Gasteiger partial charge in [-0.3, -0.25) is 0 Å². The van der Waals surface area contributed by atoms with Crippen molar-refractivity contribution in [1.82, 2.24) is 9.78 Å². The van der Waals surface area contributed by atoms with E-state index in [-0.39, 0.29) is 18.3 Å². The van der Waals surface area contributed by atoms with Crippen molar-refractivity contribution in [2.75, 3.05) is 0 Å². The van der Waals surface area contributed by atoms with Crippen molar-refractivity contribution < 1.29 is 9.31 Å². The van der Waals surface area contributed by atoms with Crippen LogP contribution in [0.4, 0.5) is 0 Å². The quantitative estimate of drug-likeness (QED) is 0.789. The van der Waals surface area contributed by atoms with Crippen LogP contribution in [-0.4, -0.2) is 28.1 Å². The molecule has 0 atom stereocenters. The highest BCUT2D eigenvalue weighted by Gasteiger charge is 2.52. The Hall–Kier alpha value is -1.11. The minimum absolute atomic E-state index is 0.317. The summed E-state index contributed by atoms with van der Waals surface area (Å²) >= 11 is 1.65. The van der Waals surface area contributed by atoms with Gasteiger partial charge in [-0.1, -0.05) is 0 Å². The molecule has 3 heterocycles. The van der Waals surface area contributed by atoms with E-state index in [2.05, 4.69) is 38.2 Å². The van der Waals surface area contributed by atoms with Crippen LogP contribution in [0.3, 0.4) is 0 Å². The number of rotatable bonds is 2. The molecule has 0 N–H and O–H groups in total. The van der Waals surface area contributed by atoms with Gasteiger partial charge in [0.2, 0.25) is 0 Å². The van der Waals surface area contributed by atoms with Gasteiger partial charge in [0, 0.05) is 23.2 Å². The third kappa shape index (κ3) is 2.14. The van der Waals surface area contributed by atoms with Crippen LogP contribution in [0.25, 0.3) is 5.69 Å². The normalized spacial score (nSPS) is 20.9. The lowest BCUT2D eigenvalue weighted by atomic mass is 9.82. The van der Waals surface area contributed by atoms with Gasteiger partial charge in [0.05, 0.1) is 16.9 Å². The minimum Gasteiger partial charge on any atom is -0.399 e. The lowest BCUT2D eigenvalue weighted by Crippen LogP contribution is -2.41. The highest BCUT2D eigenvalue weighted by molar-refractivity contribution is 7.08. The smallest absolute Gasteiger partial charge is 0.399 e. The van der Waals surface area contributed by atoms with E-state index >= 15 is 0 Å². The number of nitrogens with zero attached hydrogens (tertiary/aromatic N) is 2. The molecule has 19 heavy (non-hydrogen) atoms. The molecule has 0 unspecified atom stereocenters. The first-order valence-electron chi connectivity index (χ1n) is 6.32. The van der Waals surface area contributed by atoms with Gasteiger partial charge in [0.15, 0.2) is 0 Å². The Labute approximate surface area is 117 Å². The number of thiophene rings is 1. The maximum atomic E-state index is 6.01. The molecule has 1 fully saturated rings. The van der Waals surface area contributed by atoms with Gasteiger partial charge < -0.3 is 9.31 Å². The molecule has 1 saturated heterocycles. The fourth-order valence-electron chi connectivity index (χ4n) is 1.97. The van der Waals surface area contributed by atoms with E-state index in [1.807, 2.05) is 22.3 Å². The summed E-state index contributed by atoms with van der Waals surface area (Å²) in [6.07, 6.45) is 3.77.